The zero-order valence-electron chi connectivity index (χ0n) is 13.4. The Balaban J connectivity index is 1.75. The van der Waals surface area contributed by atoms with Crippen molar-refractivity contribution >= 4 is 0 Å². The third kappa shape index (κ3) is 5.16. The minimum Gasteiger partial charge on any atom is -0.484 e. The van der Waals surface area contributed by atoms with Gasteiger partial charge in [0.1, 0.15) is 11.5 Å². The first kappa shape index (κ1) is 18.6. The monoisotopic (exact) mass is 386 g/mol. The molecule has 0 spiro atoms. The van der Waals surface area contributed by atoms with E-state index in [1.54, 1.807) is 6.07 Å². The molecule has 0 amide bonds. The van der Waals surface area contributed by atoms with Crippen molar-refractivity contribution in [2.24, 2.45) is 0 Å². The van der Waals surface area contributed by atoms with E-state index in [1.807, 2.05) is 0 Å². The molecule has 142 valence electrons. The number of rotatable bonds is 6. The van der Waals surface area contributed by atoms with Crippen LogP contribution >= 0.6 is 0 Å². The van der Waals surface area contributed by atoms with Gasteiger partial charge in [0.2, 0.25) is 11.8 Å². The van der Waals surface area contributed by atoms with Crippen molar-refractivity contribution in [2.45, 2.75) is 12.8 Å². The van der Waals surface area contributed by atoms with Crippen LogP contribution in [-0.2, 0) is 0 Å². The quantitative estimate of drug-likeness (QED) is 0.562. The maximum absolute atomic E-state index is 12.2. The molecule has 0 aliphatic carbocycles. The van der Waals surface area contributed by atoms with Crippen LogP contribution in [0.4, 0.5) is 22.0 Å². The Morgan fingerprint density at radius 2 is 1.56 bits per heavy atom. The summed E-state index contributed by atoms with van der Waals surface area (Å²) in [6.07, 6.45) is -4.45. The summed E-state index contributed by atoms with van der Waals surface area (Å²) in [6, 6.07) is 11.3. The molecule has 0 aliphatic rings. The van der Waals surface area contributed by atoms with Crippen molar-refractivity contribution < 1.29 is 35.8 Å². The first-order valence-corrected chi connectivity index (χ1v) is 7.49. The summed E-state index contributed by atoms with van der Waals surface area (Å²) < 4.78 is 75.4. The summed E-state index contributed by atoms with van der Waals surface area (Å²) in [5, 5.41) is 7.68. The summed E-state index contributed by atoms with van der Waals surface area (Å²) >= 11 is 0. The van der Waals surface area contributed by atoms with Crippen LogP contribution < -0.4 is 9.47 Å². The number of hydrogen-bond acceptors (Lipinski definition) is 5. The van der Waals surface area contributed by atoms with E-state index < -0.39 is 19.4 Å². The molecule has 27 heavy (non-hydrogen) atoms. The molecule has 0 radical (unpaired) electrons. The van der Waals surface area contributed by atoms with Crippen molar-refractivity contribution in [1.82, 2.24) is 10.2 Å². The molecule has 0 saturated carbocycles. The van der Waals surface area contributed by atoms with Gasteiger partial charge in [-0.3, -0.25) is 0 Å². The predicted molar refractivity (Wildman–Crippen MR) is 83.4 cm³/mol. The Bertz CT molecular complexity index is 894. The standard InChI is InChI=1S/C17H11F5N2O3/c18-16(19)26-12-6-4-10(5-7-12)14-23-24-15(27-14)11-2-1-3-13(8-11)25-9-17(20,21)22/h1-8,16H,9H2. The molecular weight excluding hydrogens is 375 g/mol. The van der Waals surface area contributed by atoms with Crippen molar-refractivity contribution in [3.05, 3.63) is 48.5 Å². The number of alkyl halides is 5. The highest BCUT2D eigenvalue weighted by Gasteiger charge is 2.28. The lowest BCUT2D eigenvalue weighted by Gasteiger charge is -2.09. The van der Waals surface area contributed by atoms with Crippen molar-refractivity contribution in [3.8, 4) is 34.4 Å². The predicted octanol–water partition coefficient (Wildman–Crippen LogP) is 4.95. The first-order valence-electron chi connectivity index (χ1n) is 7.49. The molecule has 2 aromatic carbocycles. The lowest BCUT2D eigenvalue weighted by molar-refractivity contribution is -0.153. The van der Waals surface area contributed by atoms with Crippen LogP contribution in [-0.4, -0.2) is 29.6 Å². The zero-order chi connectivity index (χ0) is 19.4. The van der Waals surface area contributed by atoms with Gasteiger partial charge in [-0.15, -0.1) is 10.2 Å². The Kier molecular flexibility index (Phi) is 5.24. The first-order chi connectivity index (χ1) is 12.8. The molecule has 0 aliphatic heterocycles. The fourth-order valence-corrected chi connectivity index (χ4v) is 2.12. The van der Waals surface area contributed by atoms with Gasteiger partial charge in [-0.05, 0) is 42.5 Å². The van der Waals surface area contributed by atoms with Gasteiger partial charge in [-0.1, -0.05) is 6.07 Å². The molecule has 3 aromatic rings. The van der Waals surface area contributed by atoms with Crippen LogP contribution in [0.5, 0.6) is 11.5 Å². The SMILES string of the molecule is FC(F)Oc1ccc(-c2nnc(-c3cccc(OCC(F)(F)F)c3)o2)cc1. The van der Waals surface area contributed by atoms with Crippen molar-refractivity contribution in [1.29, 1.82) is 0 Å². The fraction of sp³-hybridized carbons (Fsp3) is 0.176. The molecule has 0 N–H and O–H groups in total. The van der Waals surface area contributed by atoms with E-state index in [0.717, 1.165) is 0 Å². The number of hydrogen-bond donors (Lipinski definition) is 0. The van der Waals surface area contributed by atoms with Crippen LogP contribution in [0.2, 0.25) is 0 Å². The highest BCUT2D eigenvalue weighted by Crippen LogP contribution is 2.28. The van der Waals surface area contributed by atoms with Gasteiger partial charge in [0.25, 0.3) is 0 Å². The van der Waals surface area contributed by atoms with Crippen molar-refractivity contribution in [2.75, 3.05) is 6.61 Å². The summed E-state index contributed by atoms with van der Waals surface area (Å²) in [7, 11) is 0. The largest absolute Gasteiger partial charge is 0.484 e. The molecule has 10 heteroatoms. The average Bonchev–Trinajstić information content (AvgIpc) is 3.10. The van der Waals surface area contributed by atoms with Gasteiger partial charge in [0.15, 0.2) is 6.61 Å². The smallest absolute Gasteiger partial charge is 0.422 e. The van der Waals surface area contributed by atoms with E-state index in [0.29, 0.717) is 11.1 Å². The number of aromatic nitrogens is 2. The van der Waals surface area contributed by atoms with E-state index in [4.69, 9.17) is 4.42 Å². The topological polar surface area (TPSA) is 57.4 Å². The van der Waals surface area contributed by atoms with E-state index in [2.05, 4.69) is 19.7 Å². The lowest BCUT2D eigenvalue weighted by atomic mass is 10.2. The second kappa shape index (κ2) is 7.60. The molecule has 0 fully saturated rings. The van der Waals surface area contributed by atoms with Gasteiger partial charge >= 0.3 is 12.8 Å². The molecule has 1 aromatic heterocycles. The van der Waals surface area contributed by atoms with Crippen LogP contribution in [0.3, 0.4) is 0 Å². The summed E-state index contributed by atoms with van der Waals surface area (Å²) in [5.41, 5.74) is 0.825. The third-order valence-electron chi connectivity index (χ3n) is 3.23. The second-order valence-corrected chi connectivity index (χ2v) is 5.25. The molecule has 0 atom stereocenters. The summed E-state index contributed by atoms with van der Waals surface area (Å²) in [6.45, 7) is -4.35. The van der Waals surface area contributed by atoms with Gasteiger partial charge in [0, 0.05) is 11.1 Å². The number of benzene rings is 2. The molecule has 0 unspecified atom stereocenters. The van der Waals surface area contributed by atoms with Gasteiger partial charge in [-0.25, -0.2) is 0 Å². The van der Waals surface area contributed by atoms with E-state index in [1.165, 1.54) is 42.5 Å². The molecule has 0 bridgehead atoms. The molecule has 5 nitrogen and oxygen atoms in total. The molecule has 0 saturated heterocycles. The Hall–Kier alpha value is -3.17. The Labute approximate surface area is 149 Å². The zero-order valence-corrected chi connectivity index (χ0v) is 13.4. The lowest BCUT2D eigenvalue weighted by Crippen LogP contribution is -2.19. The highest BCUT2D eigenvalue weighted by atomic mass is 19.4. The Morgan fingerprint density at radius 1 is 0.889 bits per heavy atom. The number of nitrogens with zero attached hydrogens (tertiary/aromatic N) is 2. The fourth-order valence-electron chi connectivity index (χ4n) is 2.12. The summed E-state index contributed by atoms with van der Waals surface area (Å²) in [5.74, 6) is 0.145. The van der Waals surface area contributed by atoms with Crippen LogP contribution in [0.1, 0.15) is 0 Å². The maximum Gasteiger partial charge on any atom is 0.422 e. The van der Waals surface area contributed by atoms with Gasteiger partial charge < -0.3 is 13.9 Å². The third-order valence-corrected chi connectivity index (χ3v) is 3.23. The van der Waals surface area contributed by atoms with Gasteiger partial charge in [-0.2, -0.15) is 22.0 Å². The van der Waals surface area contributed by atoms with Crippen LogP contribution in [0.25, 0.3) is 22.9 Å². The summed E-state index contributed by atoms with van der Waals surface area (Å²) in [4.78, 5) is 0. The average molecular weight is 386 g/mol. The van der Waals surface area contributed by atoms with E-state index in [9.17, 15) is 22.0 Å². The van der Waals surface area contributed by atoms with Crippen LogP contribution in [0, 0.1) is 0 Å². The molecule has 3 rings (SSSR count). The normalized spacial score (nSPS) is 11.6. The Morgan fingerprint density at radius 3 is 2.19 bits per heavy atom. The minimum absolute atomic E-state index is 0.00178. The van der Waals surface area contributed by atoms with E-state index in [-0.39, 0.29) is 23.3 Å². The molecule has 1 heterocycles. The van der Waals surface area contributed by atoms with Crippen LogP contribution in [0.15, 0.2) is 52.9 Å². The minimum atomic E-state index is -4.45. The van der Waals surface area contributed by atoms with Gasteiger partial charge in [0.05, 0.1) is 0 Å². The molecular formula is C17H11F5N2O3. The second-order valence-electron chi connectivity index (χ2n) is 5.25. The number of ether oxygens (including phenoxy) is 2. The number of halogens is 5. The maximum atomic E-state index is 12.2. The van der Waals surface area contributed by atoms with E-state index >= 15 is 0 Å². The highest BCUT2D eigenvalue weighted by molar-refractivity contribution is 5.59. The van der Waals surface area contributed by atoms with Crippen molar-refractivity contribution in [3.63, 3.8) is 0 Å².